The van der Waals surface area contributed by atoms with Crippen LogP contribution in [0.1, 0.15) is 15.9 Å². The molecule has 0 heterocycles. The number of benzene rings is 2. The van der Waals surface area contributed by atoms with E-state index in [-0.39, 0.29) is 0 Å². The summed E-state index contributed by atoms with van der Waals surface area (Å²) in [6.07, 6.45) is 0. The van der Waals surface area contributed by atoms with Gasteiger partial charge in [-0.2, -0.15) is 0 Å². The van der Waals surface area contributed by atoms with E-state index in [1.807, 2.05) is 37.3 Å². The van der Waals surface area contributed by atoms with Gasteiger partial charge in [0.15, 0.2) is 0 Å². The van der Waals surface area contributed by atoms with Crippen molar-refractivity contribution in [3.8, 4) is 0 Å². The standard InChI is InChI=1S/C12H9BrO2/c1-7-2-3-8-6-9(13)4-5-10(8)11(7)12(14)15/h2-6H,1H3,(H,14,15). The van der Waals surface area contributed by atoms with Crippen LogP contribution in [-0.2, 0) is 0 Å². The molecule has 0 amide bonds. The van der Waals surface area contributed by atoms with Crippen LogP contribution in [0, 0.1) is 6.92 Å². The monoisotopic (exact) mass is 264 g/mol. The highest BCUT2D eigenvalue weighted by Gasteiger charge is 2.11. The van der Waals surface area contributed by atoms with Gasteiger partial charge in [0, 0.05) is 4.47 Å². The van der Waals surface area contributed by atoms with E-state index in [0.717, 1.165) is 20.8 Å². The third kappa shape index (κ3) is 1.75. The van der Waals surface area contributed by atoms with Crippen molar-refractivity contribution >= 4 is 32.7 Å². The van der Waals surface area contributed by atoms with Gasteiger partial charge in [0.1, 0.15) is 0 Å². The summed E-state index contributed by atoms with van der Waals surface area (Å²) in [4.78, 5) is 11.1. The number of fused-ring (bicyclic) bond motifs is 1. The molecule has 0 aromatic heterocycles. The normalized spacial score (nSPS) is 10.5. The summed E-state index contributed by atoms with van der Waals surface area (Å²) in [6.45, 7) is 1.81. The van der Waals surface area contributed by atoms with Crippen molar-refractivity contribution in [3.05, 3.63) is 45.9 Å². The van der Waals surface area contributed by atoms with Crippen molar-refractivity contribution < 1.29 is 9.90 Å². The molecule has 0 saturated heterocycles. The average molecular weight is 265 g/mol. The second-order valence-corrected chi connectivity index (χ2v) is 4.34. The zero-order valence-corrected chi connectivity index (χ0v) is 9.71. The molecule has 76 valence electrons. The Morgan fingerprint density at radius 2 is 2.00 bits per heavy atom. The molecule has 1 N–H and O–H groups in total. The fraction of sp³-hybridized carbons (Fsp3) is 0.0833. The minimum Gasteiger partial charge on any atom is -0.478 e. The quantitative estimate of drug-likeness (QED) is 0.855. The third-order valence-corrected chi connectivity index (χ3v) is 2.90. The molecular weight excluding hydrogens is 256 g/mol. The Morgan fingerprint density at radius 3 is 2.67 bits per heavy atom. The Balaban J connectivity index is 2.88. The Hall–Kier alpha value is -1.35. The van der Waals surface area contributed by atoms with Crippen molar-refractivity contribution in [2.45, 2.75) is 6.92 Å². The van der Waals surface area contributed by atoms with Gasteiger partial charge in [-0.1, -0.05) is 34.1 Å². The summed E-state index contributed by atoms with van der Waals surface area (Å²) in [5.41, 5.74) is 1.18. The molecule has 2 rings (SSSR count). The molecule has 3 heteroatoms. The number of carboxylic acid groups (broad SMARTS) is 1. The van der Waals surface area contributed by atoms with Gasteiger partial charge in [0.25, 0.3) is 0 Å². The van der Waals surface area contributed by atoms with E-state index in [9.17, 15) is 4.79 Å². The van der Waals surface area contributed by atoms with Crippen molar-refractivity contribution in [3.63, 3.8) is 0 Å². The van der Waals surface area contributed by atoms with E-state index in [0.29, 0.717) is 5.56 Å². The molecule has 0 unspecified atom stereocenters. The molecular formula is C12H9BrO2. The van der Waals surface area contributed by atoms with Crippen LogP contribution in [0.15, 0.2) is 34.8 Å². The summed E-state index contributed by atoms with van der Waals surface area (Å²) in [5.74, 6) is -0.875. The molecule has 2 nitrogen and oxygen atoms in total. The fourth-order valence-electron chi connectivity index (χ4n) is 1.69. The average Bonchev–Trinajstić information content (AvgIpc) is 2.17. The number of hydrogen-bond donors (Lipinski definition) is 1. The summed E-state index contributed by atoms with van der Waals surface area (Å²) in [6, 6.07) is 9.37. The van der Waals surface area contributed by atoms with Crippen molar-refractivity contribution in [1.82, 2.24) is 0 Å². The second-order valence-electron chi connectivity index (χ2n) is 3.43. The topological polar surface area (TPSA) is 37.3 Å². The van der Waals surface area contributed by atoms with Crippen LogP contribution in [-0.4, -0.2) is 11.1 Å². The Labute approximate surface area is 95.7 Å². The molecule has 0 saturated carbocycles. The number of aromatic carboxylic acids is 1. The minimum atomic E-state index is -0.875. The van der Waals surface area contributed by atoms with E-state index in [1.165, 1.54) is 0 Å². The Bertz CT molecular complexity index is 547. The number of halogens is 1. The maximum atomic E-state index is 11.1. The molecule has 0 bridgehead atoms. The number of hydrogen-bond acceptors (Lipinski definition) is 1. The zero-order chi connectivity index (χ0) is 11.0. The molecule has 0 fully saturated rings. The predicted octanol–water partition coefficient (Wildman–Crippen LogP) is 3.61. The van der Waals surface area contributed by atoms with Crippen LogP contribution >= 0.6 is 15.9 Å². The van der Waals surface area contributed by atoms with Gasteiger partial charge in [-0.05, 0) is 35.4 Å². The molecule has 0 aliphatic rings. The van der Waals surface area contributed by atoms with E-state index < -0.39 is 5.97 Å². The number of rotatable bonds is 1. The second kappa shape index (κ2) is 3.66. The van der Waals surface area contributed by atoms with Crippen molar-refractivity contribution in [2.75, 3.05) is 0 Å². The predicted molar refractivity (Wildman–Crippen MR) is 63.3 cm³/mol. The molecule has 0 radical (unpaired) electrons. The van der Waals surface area contributed by atoms with Gasteiger partial charge >= 0.3 is 5.97 Å². The lowest BCUT2D eigenvalue weighted by molar-refractivity contribution is 0.0698. The highest BCUT2D eigenvalue weighted by Crippen LogP contribution is 2.25. The van der Waals surface area contributed by atoms with Crippen molar-refractivity contribution in [1.29, 1.82) is 0 Å². The van der Waals surface area contributed by atoms with E-state index >= 15 is 0 Å². The first-order valence-electron chi connectivity index (χ1n) is 4.52. The van der Waals surface area contributed by atoms with Gasteiger partial charge in [0.2, 0.25) is 0 Å². The lowest BCUT2D eigenvalue weighted by Gasteiger charge is -2.06. The fourth-order valence-corrected chi connectivity index (χ4v) is 2.07. The molecule has 0 spiro atoms. The van der Waals surface area contributed by atoms with Crippen LogP contribution in [0.2, 0.25) is 0 Å². The maximum Gasteiger partial charge on any atom is 0.336 e. The lowest BCUT2D eigenvalue weighted by atomic mass is 10.00. The minimum absolute atomic E-state index is 0.389. The Morgan fingerprint density at radius 1 is 1.27 bits per heavy atom. The van der Waals surface area contributed by atoms with Crippen molar-refractivity contribution in [2.24, 2.45) is 0 Å². The van der Waals surface area contributed by atoms with Gasteiger partial charge in [0.05, 0.1) is 5.56 Å². The third-order valence-electron chi connectivity index (χ3n) is 2.40. The van der Waals surface area contributed by atoms with Gasteiger partial charge in [-0.15, -0.1) is 0 Å². The van der Waals surface area contributed by atoms with Crippen LogP contribution < -0.4 is 0 Å². The summed E-state index contributed by atoms with van der Waals surface area (Å²) < 4.78 is 0.954. The highest BCUT2D eigenvalue weighted by molar-refractivity contribution is 9.10. The molecule has 15 heavy (non-hydrogen) atoms. The summed E-state index contributed by atoms with van der Waals surface area (Å²) in [5, 5.41) is 10.8. The lowest BCUT2D eigenvalue weighted by Crippen LogP contribution is -2.00. The number of carbonyl (C=O) groups is 1. The number of aryl methyl sites for hydroxylation is 1. The molecule has 0 atom stereocenters. The molecule has 2 aromatic carbocycles. The first-order chi connectivity index (χ1) is 7.09. The first kappa shape index (κ1) is 10.2. The SMILES string of the molecule is Cc1ccc2cc(Br)ccc2c1C(=O)O. The summed E-state index contributed by atoms with van der Waals surface area (Å²) >= 11 is 3.37. The van der Waals surface area contributed by atoms with E-state index in [2.05, 4.69) is 15.9 Å². The Kier molecular flexibility index (Phi) is 2.49. The molecule has 0 aliphatic carbocycles. The van der Waals surface area contributed by atoms with Gasteiger partial charge in [-0.25, -0.2) is 4.79 Å². The smallest absolute Gasteiger partial charge is 0.336 e. The number of carboxylic acids is 1. The van der Waals surface area contributed by atoms with Gasteiger partial charge < -0.3 is 5.11 Å². The first-order valence-corrected chi connectivity index (χ1v) is 5.31. The van der Waals surface area contributed by atoms with Crippen LogP contribution in [0.5, 0.6) is 0 Å². The van der Waals surface area contributed by atoms with Crippen LogP contribution in [0.4, 0.5) is 0 Å². The molecule has 0 aliphatic heterocycles. The van der Waals surface area contributed by atoms with Crippen LogP contribution in [0.25, 0.3) is 10.8 Å². The highest BCUT2D eigenvalue weighted by atomic mass is 79.9. The zero-order valence-electron chi connectivity index (χ0n) is 8.12. The van der Waals surface area contributed by atoms with E-state index in [4.69, 9.17) is 5.11 Å². The van der Waals surface area contributed by atoms with Crippen LogP contribution in [0.3, 0.4) is 0 Å². The van der Waals surface area contributed by atoms with E-state index in [1.54, 1.807) is 0 Å². The maximum absolute atomic E-state index is 11.1. The molecule has 2 aromatic rings. The van der Waals surface area contributed by atoms with Gasteiger partial charge in [-0.3, -0.25) is 0 Å². The summed E-state index contributed by atoms with van der Waals surface area (Å²) in [7, 11) is 0. The largest absolute Gasteiger partial charge is 0.478 e.